The highest BCUT2D eigenvalue weighted by Crippen LogP contribution is 2.46. The molecule has 2 unspecified atom stereocenters. The zero-order valence-corrected chi connectivity index (χ0v) is 13.0. The van der Waals surface area contributed by atoms with Crippen LogP contribution in [0.4, 0.5) is 5.69 Å². The van der Waals surface area contributed by atoms with Crippen LogP contribution in [0.15, 0.2) is 47.5 Å². The fourth-order valence-corrected chi connectivity index (χ4v) is 4.47. The van der Waals surface area contributed by atoms with Crippen LogP contribution in [0.2, 0.25) is 0 Å². The number of hydrogen-bond donors (Lipinski definition) is 2. The minimum Gasteiger partial charge on any atom is -0.398 e. The summed E-state index contributed by atoms with van der Waals surface area (Å²) in [6, 6.07) is 12.9. The number of nitrogen functional groups attached to an aromatic ring is 1. The van der Waals surface area contributed by atoms with E-state index in [0.29, 0.717) is 5.92 Å². The van der Waals surface area contributed by atoms with Crippen molar-refractivity contribution in [1.82, 2.24) is 0 Å². The van der Waals surface area contributed by atoms with E-state index < -0.39 is 0 Å². The minimum absolute atomic E-state index is 0.199. The van der Waals surface area contributed by atoms with E-state index in [1.807, 2.05) is 0 Å². The molecule has 0 bridgehead atoms. The fourth-order valence-electron chi connectivity index (χ4n) is 4.47. The number of fused-ring (bicyclic) bond motifs is 1. The van der Waals surface area contributed by atoms with Gasteiger partial charge in [-0.05, 0) is 60.9 Å². The zero-order valence-electron chi connectivity index (χ0n) is 13.0. The van der Waals surface area contributed by atoms with Gasteiger partial charge in [-0.2, -0.15) is 0 Å². The molecule has 2 aliphatic rings. The third kappa shape index (κ3) is 2.14. The standard InChI is InChI=1S/C20H24N2/c21-17-11-9-13-5-1-3-7-15(13)19(17)20-16-8-4-2-6-14(16)10-12-18(20)22/h1,3,5,7,9,11,18,20H,2,4,6,8,10,12,21-22H2. The van der Waals surface area contributed by atoms with Crippen LogP contribution >= 0.6 is 0 Å². The average Bonchev–Trinajstić information content (AvgIpc) is 2.56. The van der Waals surface area contributed by atoms with E-state index in [4.69, 9.17) is 11.5 Å². The van der Waals surface area contributed by atoms with Crippen molar-refractivity contribution in [2.45, 2.75) is 50.5 Å². The van der Waals surface area contributed by atoms with E-state index in [1.165, 1.54) is 48.4 Å². The van der Waals surface area contributed by atoms with Crippen LogP contribution in [0.1, 0.15) is 50.0 Å². The van der Waals surface area contributed by atoms with Gasteiger partial charge in [0.1, 0.15) is 0 Å². The maximum atomic E-state index is 6.59. The highest BCUT2D eigenvalue weighted by Gasteiger charge is 2.33. The fraction of sp³-hybridized carbons (Fsp3) is 0.400. The molecule has 2 atom stereocenters. The Morgan fingerprint density at radius 3 is 2.64 bits per heavy atom. The monoisotopic (exact) mass is 292 g/mol. The first-order chi connectivity index (χ1) is 10.8. The second-order valence-corrected chi connectivity index (χ2v) is 6.81. The largest absolute Gasteiger partial charge is 0.398 e. The van der Waals surface area contributed by atoms with Crippen LogP contribution in [-0.2, 0) is 0 Å². The zero-order chi connectivity index (χ0) is 15.1. The van der Waals surface area contributed by atoms with Crippen molar-refractivity contribution >= 4 is 16.5 Å². The molecule has 0 amide bonds. The first kappa shape index (κ1) is 13.8. The van der Waals surface area contributed by atoms with Crippen LogP contribution in [0, 0.1) is 0 Å². The summed E-state index contributed by atoms with van der Waals surface area (Å²) in [5.74, 6) is 0.315. The lowest BCUT2D eigenvalue weighted by atomic mass is 9.70. The third-order valence-corrected chi connectivity index (χ3v) is 5.53. The number of allylic oxidation sites excluding steroid dienone is 1. The summed E-state index contributed by atoms with van der Waals surface area (Å²) in [5.41, 5.74) is 18.5. The van der Waals surface area contributed by atoms with Gasteiger partial charge in [0, 0.05) is 17.6 Å². The van der Waals surface area contributed by atoms with Gasteiger partial charge < -0.3 is 11.5 Å². The molecule has 2 heteroatoms. The van der Waals surface area contributed by atoms with E-state index in [1.54, 1.807) is 11.1 Å². The second-order valence-electron chi connectivity index (χ2n) is 6.81. The quantitative estimate of drug-likeness (QED) is 0.600. The van der Waals surface area contributed by atoms with Gasteiger partial charge in [0.15, 0.2) is 0 Å². The molecule has 2 aromatic carbocycles. The van der Waals surface area contributed by atoms with Crippen LogP contribution in [0.5, 0.6) is 0 Å². The van der Waals surface area contributed by atoms with Gasteiger partial charge in [-0.15, -0.1) is 0 Å². The van der Waals surface area contributed by atoms with Crippen molar-refractivity contribution in [1.29, 1.82) is 0 Å². The van der Waals surface area contributed by atoms with Gasteiger partial charge in [0.05, 0.1) is 0 Å². The average molecular weight is 292 g/mol. The molecule has 0 spiro atoms. The smallest absolute Gasteiger partial charge is 0.0359 e. The Morgan fingerprint density at radius 1 is 0.909 bits per heavy atom. The summed E-state index contributed by atoms with van der Waals surface area (Å²) in [6.07, 6.45) is 7.39. The van der Waals surface area contributed by atoms with Crippen molar-refractivity contribution in [3.05, 3.63) is 53.1 Å². The Labute approximate surface area is 132 Å². The molecule has 2 aromatic rings. The van der Waals surface area contributed by atoms with E-state index in [0.717, 1.165) is 12.1 Å². The van der Waals surface area contributed by atoms with Crippen molar-refractivity contribution in [2.24, 2.45) is 5.73 Å². The van der Waals surface area contributed by atoms with Gasteiger partial charge in [0.25, 0.3) is 0 Å². The molecule has 2 aliphatic carbocycles. The molecular formula is C20H24N2. The van der Waals surface area contributed by atoms with Gasteiger partial charge >= 0.3 is 0 Å². The lowest BCUT2D eigenvalue weighted by molar-refractivity contribution is 0.462. The summed E-state index contributed by atoms with van der Waals surface area (Å²) in [4.78, 5) is 0. The molecule has 22 heavy (non-hydrogen) atoms. The van der Waals surface area contributed by atoms with Gasteiger partial charge in [0.2, 0.25) is 0 Å². The number of anilines is 1. The van der Waals surface area contributed by atoms with Crippen LogP contribution in [-0.4, -0.2) is 6.04 Å². The topological polar surface area (TPSA) is 52.0 Å². The second kappa shape index (κ2) is 5.44. The third-order valence-electron chi connectivity index (χ3n) is 5.53. The first-order valence-electron chi connectivity index (χ1n) is 8.49. The van der Waals surface area contributed by atoms with Crippen molar-refractivity contribution in [3.63, 3.8) is 0 Å². The van der Waals surface area contributed by atoms with Crippen LogP contribution < -0.4 is 11.5 Å². The molecule has 0 radical (unpaired) electrons. The molecule has 0 aromatic heterocycles. The van der Waals surface area contributed by atoms with Crippen LogP contribution in [0.25, 0.3) is 10.8 Å². The molecule has 114 valence electrons. The molecule has 4 N–H and O–H groups in total. The van der Waals surface area contributed by atoms with Crippen molar-refractivity contribution < 1.29 is 0 Å². The lowest BCUT2D eigenvalue weighted by Crippen LogP contribution is -2.34. The Kier molecular flexibility index (Phi) is 3.42. The number of nitrogens with two attached hydrogens (primary N) is 2. The first-order valence-corrected chi connectivity index (χ1v) is 8.49. The Hall–Kier alpha value is -1.80. The molecule has 4 rings (SSSR count). The summed E-state index contributed by atoms with van der Waals surface area (Å²) in [6.45, 7) is 0. The van der Waals surface area contributed by atoms with E-state index in [9.17, 15) is 0 Å². The summed E-state index contributed by atoms with van der Waals surface area (Å²) in [7, 11) is 0. The van der Waals surface area contributed by atoms with Crippen molar-refractivity contribution in [2.75, 3.05) is 5.73 Å². The van der Waals surface area contributed by atoms with Crippen LogP contribution in [0.3, 0.4) is 0 Å². The number of benzene rings is 2. The predicted molar refractivity (Wildman–Crippen MR) is 93.8 cm³/mol. The Balaban J connectivity index is 1.95. The normalized spacial score (nSPS) is 25.3. The number of rotatable bonds is 1. The summed E-state index contributed by atoms with van der Waals surface area (Å²) >= 11 is 0. The summed E-state index contributed by atoms with van der Waals surface area (Å²) in [5, 5.41) is 2.55. The maximum Gasteiger partial charge on any atom is 0.0359 e. The molecule has 2 nitrogen and oxygen atoms in total. The SMILES string of the molecule is Nc1ccc2ccccc2c1C1C2=C(CCCC2)CCC1N. The lowest BCUT2D eigenvalue weighted by Gasteiger charge is -2.37. The predicted octanol–water partition coefficient (Wildman–Crippen LogP) is 4.50. The maximum absolute atomic E-state index is 6.59. The van der Waals surface area contributed by atoms with Gasteiger partial charge in [-0.3, -0.25) is 0 Å². The minimum atomic E-state index is 0.199. The molecule has 0 heterocycles. The number of hydrogen-bond acceptors (Lipinski definition) is 2. The highest BCUT2D eigenvalue weighted by atomic mass is 14.7. The summed E-state index contributed by atoms with van der Waals surface area (Å²) < 4.78 is 0. The van der Waals surface area contributed by atoms with E-state index in [-0.39, 0.29) is 6.04 Å². The molecule has 0 saturated heterocycles. The van der Waals surface area contributed by atoms with Gasteiger partial charge in [-0.1, -0.05) is 41.5 Å². The Bertz CT molecular complexity index is 744. The van der Waals surface area contributed by atoms with Gasteiger partial charge in [-0.25, -0.2) is 0 Å². The molecular weight excluding hydrogens is 268 g/mol. The van der Waals surface area contributed by atoms with E-state index in [2.05, 4.69) is 36.4 Å². The van der Waals surface area contributed by atoms with E-state index >= 15 is 0 Å². The molecule has 0 aliphatic heterocycles. The highest BCUT2D eigenvalue weighted by molar-refractivity contribution is 5.91. The molecule has 0 fully saturated rings. The van der Waals surface area contributed by atoms with Crippen molar-refractivity contribution in [3.8, 4) is 0 Å². The molecule has 0 saturated carbocycles. The Morgan fingerprint density at radius 2 is 1.73 bits per heavy atom.